The van der Waals surface area contributed by atoms with E-state index in [2.05, 4.69) is 19.2 Å². The zero-order valence-electron chi connectivity index (χ0n) is 13.1. The van der Waals surface area contributed by atoms with Crippen LogP contribution in [0.1, 0.15) is 56.0 Å². The highest BCUT2D eigenvalue weighted by Crippen LogP contribution is 2.31. The van der Waals surface area contributed by atoms with Crippen molar-refractivity contribution in [2.24, 2.45) is 0 Å². The van der Waals surface area contributed by atoms with Gasteiger partial charge < -0.3 is 5.32 Å². The first kappa shape index (κ1) is 17.7. The molecule has 2 N–H and O–H groups in total. The van der Waals surface area contributed by atoms with Crippen molar-refractivity contribution >= 4 is 15.9 Å². The van der Waals surface area contributed by atoms with E-state index in [-0.39, 0.29) is 10.8 Å². The average Bonchev–Trinajstić information content (AvgIpc) is 2.70. The van der Waals surface area contributed by atoms with Gasteiger partial charge in [0.1, 0.15) is 4.90 Å². The van der Waals surface area contributed by atoms with Crippen LogP contribution in [-0.4, -0.2) is 27.4 Å². The third-order valence-corrected chi connectivity index (χ3v) is 4.82. The fourth-order valence-corrected chi connectivity index (χ4v) is 3.32. The number of hydrogen-bond acceptors (Lipinski definition) is 4. The van der Waals surface area contributed by atoms with Crippen LogP contribution in [0, 0.1) is 0 Å². The Morgan fingerprint density at radius 3 is 2.29 bits per heavy atom. The largest absolute Gasteiger partial charge is 0.317 e. The quantitative estimate of drug-likeness (QED) is 0.894. The summed E-state index contributed by atoms with van der Waals surface area (Å²) >= 11 is 0. The first-order valence-corrected chi connectivity index (χ1v) is 8.78. The van der Waals surface area contributed by atoms with Gasteiger partial charge in [-0.15, -0.1) is 0 Å². The van der Waals surface area contributed by atoms with Gasteiger partial charge in [-0.3, -0.25) is 4.79 Å². The predicted octanol–water partition coefficient (Wildman–Crippen LogP) is 2.25. The highest BCUT2D eigenvalue weighted by Gasteiger charge is 2.34. The van der Waals surface area contributed by atoms with Gasteiger partial charge in [-0.2, -0.15) is 0 Å². The Bertz CT molecular complexity index is 595. The number of nitrogens with one attached hydrogen (secondary N) is 2. The van der Waals surface area contributed by atoms with Crippen molar-refractivity contribution in [1.82, 2.24) is 10.0 Å². The molecule has 0 bridgehead atoms. The van der Waals surface area contributed by atoms with E-state index >= 15 is 0 Å². The molecule has 21 heavy (non-hydrogen) atoms. The Hall–Kier alpha value is -1.40. The van der Waals surface area contributed by atoms with Crippen LogP contribution in [0.4, 0.5) is 0 Å². The Morgan fingerprint density at radius 2 is 1.81 bits per heavy atom. The number of carbonyl (C=O) groups is 1. The zero-order chi connectivity index (χ0) is 16.0. The second-order valence-electron chi connectivity index (χ2n) is 4.92. The molecule has 5 nitrogen and oxygen atoms in total. The van der Waals surface area contributed by atoms with E-state index in [9.17, 15) is 13.2 Å². The van der Waals surface area contributed by atoms with Crippen molar-refractivity contribution in [1.29, 1.82) is 0 Å². The molecular weight excluding hydrogens is 288 g/mol. The van der Waals surface area contributed by atoms with Gasteiger partial charge in [0.15, 0.2) is 0 Å². The fourth-order valence-electron chi connectivity index (χ4n) is 2.12. The molecule has 1 amide bonds. The monoisotopic (exact) mass is 312 g/mol. The zero-order valence-corrected chi connectivity index (χ0v) is 13.9. The number of rotatable bonds is 4. The summed E-state index contributed by atoms with van der Waals surface area (Å²) in [6.07, 6.45) is 0.865. The van der Waals surface area contributed by atoms with Gasteiger partial charge in [0.2, 0.25) is 0 Å². The molecule has 0 spiro atoms. The van der Waals surface area contributed by atoms with E-state index in [1.54, 1.807) is 6.07 Å². The van der Waals surface area contributed by atoms with E-state index in [0.717, 1.165) is 25.1 Å². The van der Waals surface area contributed by atoms with Gasteiger partial charge in [-0.1, -0.05) is 39.8 Å². The maximum Gasteiger partial charge on any atom is 0.266 e. The minimum atomic E-state index is -3.62. The number of hydrogen-bond donors (Lipinski definition) is 2. The maximum atomic E-state index is 11.6. The van der Waals surface area contributed by atoms with Crippen LogP contribution in [0.2, 0.25) is 0 Å². The van der Waals surface area contributed by atoms with Gasteiger partial charge in [0.05, 0.1) is 5.56 Å². The van der Waals surface area contributed by atoms with Gasteiger partial charge in [-0.05, 0) is 37.1 Å². The lowest BCUT2D eigenvalue weighted by Gasteiger charge is -2.11. The topological polar surface area (TPSA) is 75.3 Å². The molecule has 1 aromatic carbocycles. The van der Waals surface area contributed by atoms with Crippen molar-refractivity contribution in [3.63, 3.8) is 0 Å². The summed E-state index contributed by atoms with van der Waals surface area (Å²) < 4.78 is 25.2. The predicted molar refractivity (Wildman–Crippen MR) is 84.0 cm³/mol. The molecule has 1 unspecified atom stereocenters. The van der Waals surface area contributed by atoms with Crippen LogP contribution in [0.5, 0.6) is 0 Å². The molecular formula is C15H24N2O3S. The molecule has 118 valence electrons. The number of fused-ring (bicyclic) bond motifs is 1. The van der Waals surface area contributed by atoms with Crippen molar-refractivity contribution in [2.45, 2.75) is 44.9 Å². The molecule has 0 aromatic heterocycles. The van der Waals surface area contributed by atoms with Gasteiger partial charge in [-0.25, -0.2) is 13.1 Å². The Kier molecular flexibility index (Phi) is 6.36. The van der Waals surface area contributed by atoms with Gasteiger partial charge in [0.25, 0.3) is 15.9 Å². The summed E-state index contributed by atoms with van der Waals surface area (Å²) in [6, 6.07) is 4.96. The van der Waals surface area contributed by atoms with Gasteiger partial charge in [0, 0.05) is 0 Å². The maximum absolute atomic E-state index is 11.6. The molecule has 0 radical (unpaired) electrons. The van der Waals surface area contributed by atoms with Crippen LogP contribution < -0.4 is 10.0 Å². The van der Waals surface area contributed by atoms with Crippen LogP contribution in [0.25, 0.3) is 0 Å². The fraction of sp³-hybridized carbons (Fsp3) is 0.533. The molecule has 1 aromatic rings. The average molecular weight is 312 g/mol. The van der Waals surface area contributed by atoms with E-state index in [4.69, 9.17) is 0 Å². The molecule has 1 atom stereocenters. The second kappa shape index (κ2) is 7.56. The molecule has 1 aliphatic rings. The highest BCUT2D eigenvalue weighted by atomic mass is 32.2. The molecule has 0 fully saturated rings. The number of carbonyl (C=O) groups excluding carboxylic acids is 1. The smallest absolute Gasteiger partial charge is 0.266 e. The van der Waals surface area contributed by atoms with Crippen molar-refractivity contribution in [3.8, 4) is 0 Å². The molecule has 0 aliphatic carbocycles. The minimum absolute atomic E-state index is 0.107. The summed E-state index contributed by atoms with van der Waals surface area (Å²) in [6.45, 7) is 10.4. The molecule has 0 saturated heterocycles. The number of benzene rings is 1. The van der Waals surface area contributed by atoms with Gasteiger partial charge >= 0.3 is 0 Å². The Balaban J connectivity index is 0.000000383. The van der Waals surface area contributed by atoms with Crippen molar-refractivity contribution < 1.29 is 13.2 Å². The van der Waals surface area contributed by atoms with Crippen LogP contribution in [-0.2, 0) is 10.0 Å². The third kappa shape index (κ3) is 4.04. The van der Waals surface area contributed by atoms with E-state index in [1.807, 2.05) is 24.6 Å². The molecule has 6 heteroatoms. The Morgan fingerprint density at radius 1 is 1.19 bits per heavy atom. The lowest BCUT2D eigenvalue weighted by molar-refractivity contribution is 0.0984. The molecule has 0 saturated carbocycles. The normalized spacial score (nSPS) is 16.5. The standard InChI is InChI=1S/C11H13NO3S.C4H11N/c1-3-7(2)8-5-4-6-9-10(8)11(13)12-16(9,14)15;1-3-5-4-2/h4-7H,3H2,1-2H3,(H,12,13);5H,3-4H2,1-2H3. The van der Waals surface area contributed by atoms with Crippen molar-refractivity contribution in [2.75, 3.05) is 13.1 Å². The SMILES string of the molecule is CCC(C)c1cccc2c1C(=O)NS2(=O)=O.CCNCC. The summed E-state index contributed by atoms with van der Waals surface area (Å²) in [7, 11) is -3.62. The molecule has 1 heterocycles. The summed E-state index contributed by atoms with van der Waals surface area (Å²) in [4.78, 5) is 11.7. The lowest BCUT2D eigenvalue weighted by Crippen LogP contribution is -2.21. The second-order valence-corrected chi connectivity index (χ2v) is 6.57. The van der Waals surface area contributed by atoms with E-state index in [1.165, 1.54) is 6.07 Å². The van der Waals surface area contributed by atoms with Crippen LogP contribution >= 0.6 is 0 Å². The molecule has 2 rings (SSSR count). The first-order chi connectivity index (χ1) is 9.88. The number of sulfonamides is 1. The molecule has 1 aliphatic heterocycles. The Labute approximate surface area is 127 Å². The van der Waals surface area contributed by atoms with Crippen LogP contribution in [0.15, 0.2) is 23.1 Å². The summed E-state index contributed by atoms with van der Waals surface area (Å²) in [5.74, 6) is -0.333. The lowest BCUT2D eigenvalue weighted by atomic mass is 9.93. The van der Waals surface area contributed by atoms with Crippen LogP contribution in [0.3, 0.4) is 0 Å². The van der Waals surface area contributed by atoms with Crippen molar-refractivity contribution in [3.05, 3.63) is 29.3 Å². The summed E-state index contributed by atoms with van der Waals surface area (Å²) in [5.41, 5.74) is 1.12. The highest BCUT2D eigenvalue weighted by molar-refractivity contribution is 7.90. The summed E-state index contributed by atoms with van der Waals surface area (Å²) in [5, 5.41) is 3.11. The number of amides is 1. The third-order valence-electron chi connectivity index (χ3n) is 3.45. The van der Waals surface area contributed by atoms with E-state index < -0.39 is 15.9 Å². The minimum Gasteiger partial charge on any atom is -0.317 e. The van der Waals surface area contributed by atoms with E-state index in [0.29, 0.717) is 5.56 Å². The first-order valence-electron chi connectivity index (χ1n) is 7.29.